The standard InChI is InChI=1S/C21H27NO2/c1-22(2)15-8-3-4-9-16-24-20-14-10-13-19(17-20)21(23)18-11-6-5-7-12-18/h5-7,10-14,17H,3-4,8-9,15-16H2,1-2H3. The molecule has 0 N–H and O–H groups in total. The molecule has 0 amide bonds. The average molecular weight is 325 g/mol. The molecule has 0 aliphatic carbocycles. The van der Waals surface area contributed by atoms with Gasteiger partial charge in [0, 0.05) is 11.1 Å². The van der Waals surface area contributed by atoms with Crippen LogP contribution in [-0.4, -0.2) is 37.9 Å². The van der Waals surface area contributed by atoms with Gasteiger partial charge in [-0.1, -0.05) is 55.3 Å². The lowest BCUT2D eigenvalue weighted by Gasteiger charge is -2.10. The van der Waals surface area contributed by atoms with Crippen molar-refractivity contribution in [2.45, 2.75) is 25.7 Å². The summed E-state index contributed by atoms with van der Waals surface area (Å²) >= 11 is 0. The molecule has 0 aliphatic heterocycles. The van der Waals surface area contributed by atoms with E-state index in [0.29, 0.717) is 17.7 Å². The van der Waals surface area contributed by atoms with Gasteiger partial charge in [-0.25, -0.2) is 0 Å². The summed E-state index contributed by atoms with van der Waals surface area (Å²) in [6.45, 7) is 1.84. The lowest BCUT2D eigenvalue weighted by molar-refractivity contribution is 0.103. The SMILES string of the molecule is CN(C)CCCCCCOc1cccc(C(=O)c2ccccc2)c1. The summed E-state index contributed by atoms with van der Waals surface area (Å²) in [6, 6.07) is 16.8. The second kappa shape index (κ2) is 9.89. The van der Waals surface area contributed by atoms with Crippen molar-refractivity contribution in [2.75, 3.05) is 27.2 Å². The summed E-state index contributed by atoms with van der Waals surface area (Å²) in [5.41, 5.74) is 1.38. The molecule has 0 heterocycles. The molecule has 0 aliphatic rings. The Bertz CT molecular complexity index is 623. The number of ketones is 1. The number of rotatable bonds is 10. The normalized spacial score (nSPS) is 10.8. The Morgan fingerprint density at radius 3 is 2.33 bits per heavy atom. The Balaban J connectivity index is 1.78. The zero-order chi connectivity index (χ0) is 17.2. The number of unbranched alkanes of at least 4 members (excludes halogenated alkanes) is 3. The monoisotopic (exact) mass is 325 g/mol. The Morgan fingerprint density at radius 1 is 0.875 bits per heavy atom. The molecule has 0 aromatic heterocycles. The summed E-state index contributed by atoms with van der Waals surface area (Å²) in [6.07, 6.45) is 4.68. The number of carbonyl (C=O) groups is 1. The van der Waals surface area contributed by atoms with Gasteiger partial charge in [-0.05, 0) is 45.6 Å². The molecule has 0 saturated heterocycles. The lowest BCUT2D eigenvalue weighted by Crippen LogP contribution is -2.12. The van der Waals surface area contributed by atoms with Crippen molar-refractivity contribution in [3.05, 3.63) is 65.7 Å². The van der Waals surface area contributed by atoms with Gasteiger partial charge in [0.25, 0.3) is 0 Å². The maximum atomic E-state index is 12.4. The Hall–Kier alpha value is -2.13. The smallest absolute Gasteiger partial charge is 0.193 e. The molecule has 2 aromatic carbocycles. The maximum absolute atomic E-state index is 12.4. The van der Waals surface area contributed by atoms with Crippen LogP contribution in [0.2, 0.25) is 0 Å². The zero-order valence-corrected chi connectivity index (χ0v) is 14.7. The molecule has 0 fully saturated rings. The van der Waals surface area contributed by atoms with Gasteiger partial charge >= 0.3 is 0 Å². The number of carbonyl (C=O) groups excluding carboxylic acids is 1. The summed E-state index contributed by atoms with van der Waals surface area (Å²) in [4.78, 5) is 14.7. The van der Waals surface area contributed by atoms with E-state index in [9.17, 15) is 4.79 Å². The minimum Gasteiger partial charge on any atom is -0.494 e. The predicted molar refractivity (Wildman–Crippen MR) is 98.8 cm³/mol. The molecule has 2 aromatic rings. The molecule has 3 nitrogen and oxygen atoms in total. The quantitative estimate of drug-likeness (QED) is 0.478. The van der Waals surface area contributed by atoms with Gasteiger partial charge in [-0.2, -0.15) is 0 Å². The summed E-state index contributed by atoms with van der Waals surface area (Å²) in [5.74, 6) is 0.801. The molecular formula is C21H27NO2. The first kappa shape index (κ1) is 18.2. The molecule has 24 heavy (non-hydrogen) atoms. The van der Waals surface area contributed by atoms with Crippen molar-refractivity contribution in [1.82, 2.24) is 4.90 Å². The van der Waals surface area contributed by atoms with E-state index in [-0.39, 0.29) is 5.78 Å². The molecule has 2 rings (SSSR count). The molecule has 0 unspecified atom stereocenters. The Labute approximate surface area is 145 Å². The van der Waals surface area contributed by atoms with Crippen LogP contribution in [0.25, 0.3) is 0 Å². The van der Waals surface area contributed by atoms with Crippen LogP contribution in [-0.2, 0) is 0 Å². The van der Waals surface area contributed by atoms with E-state index in [1.807, 2.05) is 54.6 Å². The maximum Gasteiger partial charge on any atom is 0.193 e. The fourth-order valence-electron chi connectivity index (χ4n) is 2.56. The van der Waals surface area contributed by atoms with Gasteiger partial charge in [0.1, 0.15) is 5.75 Å². The minimum atomic E-state index is 0.0322. The van der Waals surface area contributed by atoms with Gasteiger partial charge in [0.15, 0.2) is 5.78 Å². The molecule has 0 atom stereocenters. The first-order valence-electron chi connectivity index (χ1n) is 8.64. The third kappa shape index (κ3) is 6.17. The molecule has 0 bridgehead atoms. The van der Waals surface area contributed by atoms with Crippen LogP contribution >= 0.6 is 0 Å². The third-order valence-electron chi connectivity index (χ3n) is 3.90. The van der Waals surface area contributed by atoms with Crippen molar-refractivity contribution in [1.29, 1.82) is 0 Å². The van der Waals surface area contributed by atoms with Crippen LogP contribution in [0.4, 0.5) is 0 Å². The number of ether oxygens (including phenoxy) is 1. The van der Waals surface area contributed by atoms with E-state index in [2.05, 4.69) is 19.0 Å². The minimum absolute atomic E-state index is 0.0322. The van der Waals surface area contributed by atoms with Gasteiger partial charge in [0.2, 0.25) is 0 Å². The topological polar surface area (TPSA) is 29.5 Å². The van der Waals surface area contributed by atoms with Crippen molar-refractivity contribution < 1.29 is 9.53 Å². The third-order valence-corrected chi connectivity index (χ3v) is 3.90. The number of nitrogens with zero attached hydrogens (tertiary/aromatic N) is 1. The summed E-state index contributed by atoms with van der Waals surface area (Å²) < 4.78 is 5.80. The van der Waals surface area contributed by atoms with Crippen molar-refractivity contribution in [3.63, 3.8) is 0 Å². The molecule has 0 radical (unpaired) electrons. The zero-order valence-electron chi connectivity index (χ0n) is 14.7. The first-order valence-corrected chi connectivity index (χ1v) is 8.64. The predicted octanol–water partition coefficient (Wildman–Crippen LogP) is 4.42. The van der Waals surface area contributed by atoms with E-state index in [1.165, 1.54) is 19.3 Å². The van der Waals surface area contributed by atoms with Crippen LogP contribution in [0.15, 0.2) is 54.6 Å². The van der Waals surface area contributed by atoms with E-state index < -0.39 is 0 Å². The van der Waals surface area contributed by atoms with E-state index >= 15 is 0 Å². The fourth-order valence-corrected chi connectivity index (χ4v) is 2.56. The van der Waals surface area contributed by atoms with Gasteiger partial charge in [-0.3, -0.25) is 4.79 Å². The van der Waals surface area contributed by atoms with Crippen molar-refractivity contribution in [3.8, 4) is 5.75 Å². The molecular weight excluding hydrogens is 298 g/mol. The van der Waals surface area contributed by atoms with Crippen LogP contribution in [0.3, 0.4) is 0 Å². The van der Waals surface area contributed by atoms with E-state index in [1.54, 1.807) is 0 Å². The molecule has 0 saturated carbocycles. The highest BCUT2D eigenvalue weighted by Crippen LogP contribution is 2.17. The second-order valence-electron chi connectivity index (χ2n) is 6.29. The lowest BCUT2D eigenvalue weighted by atomic mass is 10.0. The second-order valence-corrected chi connectivity index (χ2v) is 6.29. The van der Waals surface area contributed by atoms with E-state index in [4.69, 9.17) is 4.74 Å². The Morgan fingerprint density at radius 2 is 1.58 bits per heavy atom. The summed E-state index contributed by atoms with van der Waals surface area (Å²) in [5, 5.41) is 0. The number of benzene rings is 2. The van der Waals surface area contributed by atoms with Crippen molar-refractivity contribution in [2.24, 2.45) is 0 Å². The summed E-state index contributed by atoms with van der Waals surface area (Å²) in [7, 11) is 4.21. The van der Waals surface area contributed by atoms with Crippen LogP contribution in [0.5, 0.6) is 5.75 Å². The largest absolute Gasteiger partial charge is 0.494 e. The fraction of sp³-hybridized carbons (Fsp3) is 0.381. The highest BCUT2D eigenvalue weighted by atomic mass is 16.5. The highest BCUT2D eigenvalue weighted by Gasteiger charge is 2.09. The number of hydrogen-bond donors (Lipinski definition) is 0. The average Bonchev–Trinajstić information content (AvgIpc) is 2.61. The van der Waals surface area contributed by atoms with Gasteiger partial charge in [-0.15, -0.1) is 0 Å². The molecule has 0 spiro atoms. The van der Waals surface area contributed by atoms with Crippen LogP contribution in [0, 0.1) is 0 Å². The van der Waals surface area contributed by atoms with Gasteiger partial charge in [0.05, 0.1) is 6.61 Å². The van der Waals surface area contributed by atoms with E-state index in [0.717, 1.165) is 18.7 Å². The van der Waals surface area contributed by atoms with Crippen LogP contribution < -0.4 is 4.74 Å². The molecule has 128 valence electrons. The van der Waals surface area contributed by atoms with Gasteiger partial charge < -0.3 is 9.64 Å². The van der Waals surface area contributed by atoms with Crippen LogP contribution in [0.1, 0.15) is 41.6 Å². The van der Waals surface area contributed by atoms with Crippen molar-refractivity contribution >= 4 is 5.78 Å². The molecule has 3 heteroatoms. The number of hydrogen-bond acceptors (Lipinski definition) is 3. The Kier molecular flexibility index (Phi) is 7.50. The highest BCUT2D eigenvalue weighted by molar-refractivity contribution is 6.09. The first-order chi connectivity index (χ1) is 11.7.